The summed E-state index contributed by atoms with van der Waals surface area (Å²) in [4.78, 5) is 14.8. The van der Waals surface area contributed by atoms with Gasteiger partial charge in [0.05, 0.1) is 17.7 Å². The van der Waals surface area contributed by atoms with Crippen LogP contribution < -0.4 is 5.73 Å². The normalized spacial score (nSPS) is 28.2. The Labute approximate surface area is 207 Å². The first kappa shape index (κ1) is 24.1. The van der Waals surface area contributed by atoms with Crippen molar-refractivity contribution in [1.82, 2.24) is 10.1 Å². The van der Waals surface area contributed by atoms with Gasteiger partial charge < -0.3 is 19.9 Å². The fraction of sp³-hybridized carbons (Fsp3) is 0.704. The molecule has 2 aromatic rings. The lowest BCUT2D eigenvalue weighted by Gasteiger charge is -2.38. The van der Waals surface area contributed by atoms with Crippen LogP contribution in [0.2, 0.25) is 5.02 Å². The number of piperidine rings is 1. The van der Waals surface area contributed by atoms with Crippen LogP contribution in [0.25, 0.3) is 11.0 Å². The van der Waals surface area contributed by atoms with Gasteiger partial charge in [0.15, 0.2) is 5.58 Å². The van der Waals surface area contributed by atoms with Gasteiger partial charge in [0, 0.05) is 29.0 Å². The molecule has 34 heavy (non-hydrogen) atoms. The Hall–Kier alpha value is -1.63. The van der Waals surface area contributed by atoms with Gasteiger partial charge in [-0.15, -0.1) is 0 Å². The highest BCUT2D eigenvalue weighted by Gasteiger charge is 2.37. The number of carbonyl (C=O) groups excluding carboxylic acids is 1. The van der Waals surface area contributed by atoms with Gasteiger partial charge in [0.25, 0.3) is 0 Å². The largest absolute Gasteiger partial charge is 0.377 e. The first-order valence-electron chi connectivity index (χ1n) is 13.3. The van der Waals surface area contributed by atoms with E-state index >= 15 is 0 Å². The summed E-state index contributed by atoms with van der Waals surface area (Å²) in [6.45, 7) is 4.18. The zero-order chi connectivity index (χ0) is 23.5. The highest BCUT2D eigenvalue weighted by atomic mass is 35.5. The van der Waals surface area contributed by atoms with Crippen LogP contribution in [0.3, 0.4) is 0 Å². The molecular weight excluding hydrogens is 450 g/mol. The van der Waals surface area contributed by atoms with Gasteiger partial charge in [-0.25, -0.2) is 0 Å². The Kier molecular flexibility index (Phi) is 7.77. The molecule has 2 aliphatic heterocycles. The summed E-state index contributed by atoms with van der Waals surface area (Å²) in [7, 11) is 0. The highest BCUT2D eigenvalue weighted by Crippen LogP contribution is 2.39. The molecule has 1 aliphatic carbocycles. The molecule has 186 valence electrons. The molecule has 1 saturated carbocycles. The molecule has 2 atom stereocenters. The monoisotopic (exact) mass is 487 g/mol. The summed E-state index contributed by atoms with van der Waals surface area (Å²) >= 11 is 6.08. The molecule has 1 aromatic carbocycles. The van der Waals surface area contributed by atoms with E-state index in [0.717, 1.165) is 87.2 Å². The van der Waals surface area contributed by atoms with Crippen molar-refractivity contribution in [3.05, 3.63) is 28.9 Å². The maximum Gasteiger partial charge on any atom is 0.223 e. The van der Waals surface area contributed by atoms with E-state index in [2.05, 4.69) is 10.1 Å². The van der Waals surface area contributed by atoms with Crippen molar-refractivity contribution in [2.75, 3.05) is 26.2 Å². The van der Waals surface area contributed by atoms with Gasteiger partial charge in [-0.2, -0.15) is 0 Å². The molecule has 3 heterocycles. The summed E-state index contributed by atoms with van der Waals surface area (Å²) < 4.78 is 11.5. The second kappa shape index (κ2) is 11.0. The van der Waals surface area contributed by atoms with Crippen molar-refractivity contribution in [3.63, 3.8) is 0 Å². The number of likely N-dealkylation sites (tertiary alicyclic amines) is 1. The number of hydrogen-bond donors (Lipinski definition) is 1. The van der Waals surface area contributed by atoms with E-state index in [0.29, 0.717) is 16.9 Å². The average molecular weight is 488 g/mol. The topological polar surface area (TPSA) is 81.6 Å². The molecule has 1 amide bonds. The molecule has 6 nitrogen and oxygen atoms in total. The molecule has 2 saturated heterocycles. The molecular formula is C27H38ClN3O3. The van der Waals surface area contributed by atoms with Crippen LogP contribution in [0.1, 0.15) is 75.8 Å². The third-order valence-corrected chi connectivity index (χ3v) is 8.87. The van der Waals surface area contributed by atoms with Crippen LogP contribution in [-0.4, -0.2) is 48.3 Å². The van der Waals surface area contributed by atoms with Gasteiger partial charge in [-0.3, -0.25) is 4.79 Å². The highest BCUT2D eigenvalue weighted by molar-refractivity contribution is 6.31. The Bertz CT molecular complexity index is 957. The van der Waals surface area contributed by atoms with Gasteiger partial charge in [0.1, 0.15) is 0 Å². The molecule has 1 aromatic heterocycles. The summed E-state index contributed by atoms with van der Waals surface area (Å²) in [5.74, 6) is 1.38. The predicted molar refractivity (Wildman–Crippen MR) is 134 cm³/mol. The first-order chi connectivity index (χ1) is 16.6. The number of nitrogens with zero attached hydrogens (tertiary/aromatic N) is 2. The van der Waals surface area contributed by atoms with Crippen LogP contribution in [0.5, 0.6) is 0 Å². The number of hydrogen-bond acceptors (Lipinski definition) is 5. The predicted octanol–water partition coefficient (Wildman–Crippen LogP) is 5.53. The molecule has 5 rings (SSSR count). The van der Waals surface area contributed by atoms with E-state index in [4.69, 9.17) is 26.6 Å². The Morgan fingerprint density at radius 3 is 2.62 bits per heavy atom. The van der Waals surface area contributed by atoms with E-state index in [9.17, 15) is 4.79 Å². The molecule has 0 spiro atoms. The lowest BCUT2D eigenvalue weighted by molar-refractivity contribution is -0.133. The van der Waals surface area contributed by atoms with Crippen LogP contribution in [0.15, 0.2) is 22.7 Å². The van der Waals surface area contributed by atoms with E-state index in [1.807, 2.05) is 18.2 Å². The van der Waals surface area contributed by atoms with Gasteiger partial charge in [-0.05, 0) is 95.0 Å². The van der Waals surface area contributed by atoms with Crippen molar-refractivity contribution in [3.8, 4) is 0 Å². The lowest BCUT2D eigenvalue weighted by Crippen LogP contribution is -2.43. The van der Waals surface area contributed by atoms with E-state index in [1.165, 1.54) is 25.8 Å². The number of primary amides is 1. The smallest absolute Gasteiger partial charge is 0.223 e. The van der Waals surface area contributed by atoms with Crippen molar-refractivity contribution in [2.45, 2.75) is 76.2 Å². The standard InChI is InChI=1S/C27H38ClN3O3/c28-21-8-9-22-24(17-21)34-30-26(22)20-11-14-31(15-12-20)13-10-18-4-6-19(7-5-18)25(27(29)32)23-3-1-2-16-33-23/h8-9,17-20,23,25H,1-7,10-16H2,(H2,29,32)/t18?,19?,23?,25-/m1/s1. The van der Waals surface area contributed by atoms with Crippen molar-refractivity contribution in [2.24, 2.45) is 23.5 Å². The second-order valence-corrected chi connectivity index (χ2v) is 11.2. The van der Waals surface area contributed by atoms with Gasteiger partial charge >= 0.3 is 0 Å². The van der Waals surface area contributed by atoms with Crippen molar-refractivity contribution in [1.29, 1.82) is 0 Å². The van der Waals surface area contributed by atoms with Gasteiger partial charge in [0.2, 0.25) is 5.91 Å². The van der Waals surface area contributed by atoms with E-state index in [1.54, 1.807) is 0 Å². The zero-order valence-corrected chi connectivity index (χ0v) is 20.8. The molecule has 2 N–H and O–H groups in total. The number of rotatable bonds is 7. The zero-order valence-electron chi connectivity index (χ0n) is 20.1. The minimum absolute atomic E-state index is 0.0490. The fourth-order valence-electron chi connectivity index (χ4n) is 6.62. The summed E-state index contributed by atoms with van der Waals surface area (Å²) in [5, 5.41) is 6.17. The molecule has 3 aliphatic rings. The Morgan fingerprint density at radius 2 is 1.91 bits per heavy atom. The van der Waals surface area contributed by atoms with E-state index < -0.39 is 0 Å². The third kappa shape index (κ3) is 5.44. The van der Waals surface area contributed by atoms with E-state index in [-0.39, 0.29) is 17.9 Å². The maximum atomic E-state index is 12.2. The maximum absolute atomic E-state index is 12.2. The summed E-state index contributed by atoms with van der Waals surface area (Å²) in [6.07, 6.45) is 11.5. The number of amides is 1. The number of ether oxygens (including phenoxy) is 1. The summed E-state index contributed by atoms with van der Waals surface area (Å²) in [6, 6.07) is 5.81. The molecule has 0 radical (unpaired) electrons. The molecule has 3 fully saturated rings. The summed E-state index contributed by atoms with van der Waals surface area (Å²) in [5.41, 5.74) is 7.71. The number of nitrogens with two attached hydrogens (primary N) is 1. The third-order valence-electron chi connectivity index (χ3n) is 8.63. The lowest BCUT2D eigenvalue weighted by atomic mass is 9.72. The van der Waals surface area contributed by atoms with Crippen molar-refractivity contribution < 1.29 is 14.1 Å². The Morgan fingerprint density at radius 1 is 1.12 bits per heavy atom. The second-order valence-electron chi connectivity index (χ2n) is 10.7. The minimum atomic E-state index is -0.152. The molecule has 7 heteroatoms. The molecule has 1 unspecified atom stereocenters. The first-order valence-corrected chi connectivity index (χ1v) is 13.6. The number of halogens is 1. The number of fused-ring (bicyclic) bond motifs is 1. The Balaban J connectivity index is 1.06. The van der Waals surface area contributed by atoms with Crippen molar-refractivity contribution >= 4 is 28.5 Å². The van der Waals surface area contributed by atoms with Crippen LogP contribution in [-0.2, 0) is 9.53 Å². The SMILES string of the molecule is NC(=O)[C@H](C1CCC(CCN2CCC(c3noc4cc(Cl)ccc34)CC2)CC1)C1CCCCO1. The van der Waals surface area contributed by atoms with Crippen LogP contribution in [0.4, 0.5) is 0 Å². The minimum Gasteiger partial charge on any atom is -0.377 e. The van der Waals surface area contributed by atoms with Gasteiger partial charge in [-0.1, -0.05) is 29.6 Å². The number of aromatic nitrogens is 1. The number of carbonyl (C=O) groups is 1. The number of benzene rings is 1. The van der Waals surface area contributed by atoms with Crippen LogP contribution >= 0.6 is 11.6 Å². The fourth-order valence-corrected chi connectivity index (χ4v) is 6.79. The quantitative estimate of drug-likeness (QED) is 0.555. The van der Waals surface area contributed by atoms with Crippen LogP contribution in [0, 0.1) is 17.8 Å². The molecule has 0 bridgehead atoms. The average Bonchev–Trinajstić information content (AvgIpc) is 3.27.